The van der Waals surface area contributed by atoms with Crippen molar-refractivity contribution in [1.29, 1.82) is 0 Å². The van der Waals surface area contributed by atoms with E-state index in [9.17, 15) is 29.4 Å². The van der Waals surface area contributed by atoms with Crippen LogP contribution in [-0.4, -0.2) is 61.6 Å². The van der Waals surface area contributed by atoms with Gasteiger partial charge in [-0.3, -0.25) is 0 Å². The van der Waals surface area contributed by atoms with Crippen molar-refractivity contribution >= 4 is 61.6 Å². The van der Waals surface area contributed by atoms with Gasteiger partial charge in [-0.15, -0.1) is 0 Å². The van der Waals surface area contributed by atoms with Crippen LogP contribution in [0.2, 0.25) is 0 Å². The Balaban J connectivity index is 0.000000267. The van der Waals surface area contributed by atoms with Gasteiger partial charge in [-0.25, -0.2) is 9.59 Å². The zero-order chi connectivity index (χ0) is 27.7. The van der Waals surface area contributed by atoms with Crippen molar-refractivity contribution in [3.63, 3.8) is 0 Å². The van der Waals surface area contributed by atoms with E-state index >= 15 is 0 Å². The van der Waals surface area contributed by atoms with Crippen LogP contribution in [0.5, 0.6) is 11.5 Å². The van der Waals surface area contributed by atoms with Gasteiger partial charge in [0.25, 0.3) is 0 Å². The van der Waals surface area contributed by atoms with Crippen LogP contribution >= 0.6 is 0 Å². The Bertz CT molecular complexity index is 1350. The fourth-order valence-corrected chi connectivity index (χ4v) is 3.21. The number of carboxylic acids is 2. The molecule has 0 saturated carbocycles. The minimum absolute atomic E-state index is 0. The molecular weight excluding hydrogens is 528 g/mol. The number of benzene rings is 4. The van der Waals surface area contributed by atoms with Crippen molar-refractivity contribution in [2.45, 2.75) is 13.8 Å². The molecule has 192 valence electrons. The fraction of sp³-hybridized carbons (Fsp3) is 0.0667. The zero-order valence-corrected chi connectivity index (χ0v) is 23.4. The fourth-order valence-electron chi connectivity index (χ4n) is 3.21. The second kappa shape index (κ2) is 14.8. The van der Waals surface area contributed by atoms with Crippen LogP contribution in [0.3, 0.4) is 0 Å². The molecule has 39 heavy (non-hydrogen) atoms. The molecular formula is C30H22CaO8. The molecule has 0 saturated heterocycles. The van der Waals surface area contributed by atoms with Crippen LogP contribution in [0.4, 0.5) is 0 Å². The number of aromatic carboxylic acids is 2. The minimum atomic E-state index is -1.41. The van der Waals surface area contributed by atoms with E-state index < -0.39 is 23.9 Å². The number of carboxylic acid groups (broad SMARTS) is 2. The van der Waals surface area contributed by atoms with E-state index in [1.54, 1.807) is 60.7 Å². The Labute approximate surface area is 254 Å². The number of ether oxygens (including phenoxy) is 2. The van der Waals surface area contributed by atoms with E-state index in [0.717, 1.165) is 11.1 Å². The number of hydrogen-bond donors (Lipinski definition) is 0. The summed E-state index contributed by atoms with van der Waals surface area (Å²) >= 11 is 0. The van der Waals surface area contributed by atoms with Crippen LogP contribution in [0.1, 0.15) is 52.6 Å². The van der Waals surface area contributed by atoms with Gasteiger partial charge < -0.3 is 29.3 Å². The third-order valence-electron chi connectivity index (χ3n) is 5.20. The number of carbonyl (C=O) groups excluding carboxylic acids is 4. The van der Waals surface area contributed by atoms with E-state index in [0.29, 0.717) is 11.5 Å². The summed E-state index contributed by atoms with van der Waals surface area (Å²) in [6.45, 7) is 3.83. The van der Waals surface area contributed by atoms with Gasteiger partial charge in [-0.1, -0.05) is 71.8 Å². The molecule has 4 aromatic carbocycles. The maximum absolute atomic E-state index is 11.9. The van der Waals surface area contributed by atoms with Gasteiger partial charge in [-0.2, -0.15) is 0 Å². The minimum Gasteiger partial charge on any atom is -0.545 e. The molecule has 0 aliphatic carbocycles. The molecule has 0 fully saturated rings. The van der Waals surface area contributed by atoms with Crippen molar-refractivity contribution < 1.29 is 38.9 Å². The van der Waals surface area contributed by atoms with Crippen molar-refractivity contribution in [2.75, 3.05) is 0 Å². The molecule has 4 aromatic rings. The molecule has 9 heteroatoms. The Hall–Kier alpha value is -3.98. The molecule has 0 bridgehead atoms. The molecule has 0 heterocycles. The van der Waals surface area contributed by atoms with Gasteiger partial charge in [0, 0.05) is 11.1 Å². The largest absolute Gasteiger partial charge is 2.00 e. The topological polar surface area (TPSA) is 133 Å². The molecule has 0 aliphatic heterocycles. The van der Waals surface area contributed by atoms with Gasteiger partial charge in [-0.05, 0) is 50.2 Å². The van der Waals surface area contributed by atoms with Gasteiger partial charge in [0.05, 0.1) is 23.1 Å². The first-order valence-corrected chi connectivity index (χ1v) is 11.3. The van der Waals surface area contributed by atoms with Crippen LogP contribution in [0, 0.1) is 13.8 Å². The van der Waals surface area contributed by atoms with E-state index in [4.69, 9.17) is 9.47 Å². The average molecular weight is 551 g/mol. The van der Waals surface area contributed by atoms with Gasteiger partial charge in [0.15, 0.2) is 0 Å². The van der Waals surface area contributed by atoms with Crippen molar-refractivity contribution in [1.82, 2.24) is 0 Å². The number of carbonyl (C=O) groups is 4. The predicted octanol–water partition coefficient (Wildman–Crippen LogP) is 2.77. The molecule has 4 rings (SSSR count). The summed E-state index contributed by atoms with van der Waals surface area (Å²) in [5.41, 5.74) is 1.66. The quantitative estimate of drug-likeness (QED) is 0.203. The first-order valence-electron chi connectivity index (χ1n) is 11.3. The van der Waals surface area contributed by atoms with Crippen LogP contribution in [0.25, 0.3) is 0 Å². The Morgan fingerprint density at radius 3 is 1.05 bits per heavy atom. The van der Waals surface area contributed by atoms with Crippen LogP contribution in [-0.2, 0) is 0 Å². The van der Waals surface area contributed by atoms with Crippen molar-refractivity contribution in [2.24, 2.45) is 0 Å². The summed E-state index contributed by atoms with van der Waals surface area (Å²) in [5, 5.41) is 21.8. The van der Waals surface area contributed by atoms with Crippen molar-refractivity contribution in [3.8, 4) is 11.5 Å². The molecule has 0 amide bonds. The third-order valence-corrected chi connectivity index (χ3v) is 5.20. The Kier molecular flexibility index (Phi) is 11.9. The second-order valence-corrected chi connectivity index (χ2v) is 8.07. The van der Waals surface area contributed by atoms with Gasteiger partial charge >= 0.3 is 49.7 Å². The van der Waals surface area contributed by atoms with Crippen LogP contribution < -0.4 is 19.7 Å². The maximum atomic E-state index is 11.9. The van der Waals surface area contributed by atoms with E-state index in [-0.39, 0.29) is 60.0 Å². The van der Waals surface area contributed by atoms with Crippen LogP contribution in [0.15, 0.2) is 97.1 Å². The van der Waals surface area contributed by atoms with Crippen molar-refractivity contribution in [3.05, 3.63) is 130 Å². The monoisotopic (exact) mass is 550 g/mol. The summed E-state index contributed by atoms with van der Waals surface area (Å²) in [6.07, 6.45) is 0. The molecule has 0 spiro atoms. The van der Waals surface area contributed by atoms with E-state index in [2.05, 4.69) is 0 Å². The van der Waals surface area contributed by atoms with E-state index in [1.165, 1.54) is 36.4 Å². The summed E-state index contributed by atoms with van der Waals surface area (Å²) in [6, 6.07) is 25.4. The normalized spacial score (nSPS) is 9.69. The Morgan fingerprint density at radius 2 is 0.769 bits per heavy atom. The molecule has 0 radical (unpaired) electrons. The van der Waals surface area contributed by atoms with Gasteiger partial charge in [0.2, 0.25) is 0 Å². The van der Waals surface area contributed by atoms with Gasteiger partial charge in [0.1, 0.15) is 11.5 Å². The molecule has 0 atom stereocenters. The Morgan fingerprint density at radius 1 is 0.487 bits per heavy atom. The second-order valence-electron chi connectivity index (χ2n) is 8.07. The molecule has 8 nitrogen and oxygen atoms in total. The third kappa shape index (κ3) is 9.07. The first-order chi connectivity index (χ1) is 18.2. The zero-order valence-electron chi connectivity index (χ0n) is 21.2. The van der Waals surface area contributed by atoms with E-state index in [1.807, 2.05) is 13.8 Å². The number of esters is 2. The summed E-state index contributed by atoms with van der Waals surface area (Å²) in [5.74, 6) is -3.52. The molecule has 0 N–H and O–H groups in total. The molecule has 0 aromatic heterocycles. The summed E-state index contributed by atoms with van der Waals surface area (Å²) in [4.78, 5) is 45.6. The summed E-state index contributed by atoms with van der Waals surface area (Å²) < 4.78 is 10.2. The number of aryl methyl sites for hydroxylation is 2. The summed E-state index contributed by atoms with van der Waals surface area (Å²) in [7, 11) is 0. The smallest absolute Gasteiger partial charge is 0.545 e. The first kappa shape index (κ1) is 31.2. The predicted molar refractivity (Wildman–Crippen MR) is 140 cm³/mol. The SMILES string of the molecule is Cc1ccc(OC(=O)c2ccccc2C(=O)[O-])cc1.Cc1ccc(OC(=O)c2ccccc2C(=O)[O-])cc1.[Ca+2]. The standard InChI is InChI=1S/2C15H12O4.Ca/c2*1-10-6-8-11(9-7-10)19-15(18)13-5-3-2-4-12(13)14(16)17;/h2*2-9H,1H3,(H,16,17);/q;;+2/p-2. The molecule has 0 aliphatic rings. The molecule has 0 unspecified atom stereocenters. The number of hydrogen-bond acceptors (Lipinski definition) is 8. The maximum Gasteiger partial charge on any atom is 2.00 e. The average Bonchev–Trinajstić information content (AvgIpc) is 2.91. The number of rotatable bonds is 6.